The topological polar surface area (TPSA) is 56.8 Å². The predicted octanol–water partition coefficient (Wildman–Crippen LogP) is 3.90. The van der Waals surface area contributed by atoms with Gasteiger partial charge in [0.05, 0.1) is 11.6 Å². The summed E-state index contributed by atoms with van der Waals surface area (Å²) in [4.78, 5) is 12.1. The van der Waals surface area contributed by atoms with Crippen molar-refractivity contribution in [1.82, 2.24) is 5.32 Å². The first kappa shape index (κ1) is 19.3. The molecule has 1 amide bonds. The second-order valence-electron chi connectivity index (χ2n) is 6.27. The van der Waals surface area contributed by atoms with E-state index in [0.717, 1.165) is 29.0 Å². The van der Waals surface area contributed by atoms with Gasteiger partial charge < -0.3 is 19.5 Å². The zero-order valence-corrected chi connectivity index (χ0v) is 15.9. The van der Waals surface area contributed by atoms with E-state index >= 15 is 0 Å². The minimum atomic E-state index is -0.537. The molecule has 1 N–H and O–H groups in total. The van der Waals surface area contributed by atoms with E-state index in [0.29, 0.717) is 12.4 Å². The standard InChI is InChI=1S/C20H21ClFNO4/c1-3-25-18-7-13-6-12(2)27-19(13)8-14(18)10-23-20(24)11-26-15-4-5-17(22)16(21)9-15/h4-5,7-9,12H,3,6,10-11H2,1-2H3,(H,23,24)/t12-/m1/s1. The molecule has 0 saturated heterocycles. The lowest BCUT2D eigenvalue weighted by molar-refractivity contribution is -0.123. The van der Waals surface area contributed by atoms with Crippen molar-refractivity contribution in [1.29, 1.82) is 0 Å². The summed E-state index contributed by atoms with van der Waals surface area (Å²) in [5, 5.41) is 2.74. The lowest BCUT2D eigenvalue weighted by atomic mass is 10.1. The fourth-order valence-electron chi connectivity index (χ4n) is 2.87. The van der Waals surface area contributed by atoms with Crippen LogP contribution >= 0.6 is 11.6 Å². The SMILES string of the molecule is CCOc1cc2c(cc1CNC(=O)COc1ccc(F)c(Cl)c1)O[C@H](C)C2. The van der Waals surface area contributed by atoms with Crippen LogP contribution in [0.25, 0.3) is 0 Å². The molecule has 1 aliphatic rings. The summed E-state index contributed by atoms with van der Waals surface area (Å²) in [5.74, 6) is 1.04. The summed E-state index contributed by atoms with van der Waals surface area (Å²) in [6.45, 7) is 4.54. The Kier molecular flexibility index (Phi) is 6.06. The molecule has 1 atom stereocenters. The van der Waals surface area contributed by atoms with Gasteiger partial charge in [0.25, 0.3) is 5.91 Å². The zero-order valence-electron chi connectivity index (χ0n) is 15.2. The average Bonchev–Trinajstić information content (AvgIpc) is 3.00. The van der Waals surface area contributed by atoms with Crippen LogP contribution in [-0.4, -0.2) is 25.2 Å². The van der Waals surface area contributed by atoms with Gasteiger partial charge in [-0.15, -0.1) is 0 Å². The van der Waals surface area contributed by atoms with Gasteiger partial charge in [0.1, 0.15) is 29.2 Å². The number of benzene rings is 2. The Balaban J connectivity index is 1.59. The fraction of sp³-hybridized carbons (Fsp3) is 0.350. The van der Waals surface area contributed by atoms with E-state index in [4.69, 9.17) is 25.8 Å². The second-order valence-corrected chi connectivity index (χ2v) is 6.68. The molecule has 0 bridgehead atoms. The molecule has 1 aliphatic heterocycles. The Morgan fingerprint density at radius 1 is 1.33 bits per heavy atom. The molecule has 3 rings (SSSR count). The van der Waals surface area contributed by atoms with E-state index in [1.165, 1.54) is 18.2 Å². The molecule has 0 aromatic heterocycles. The van der Waals surface area contributed by atoms with Gasteiger partial charge in [-0.3, -0.25) is 4.79 Å². The quantitative estimate of drug-likeness (QED) is 0.775. The average molecular weight is 394 g/mol. The Bertz CT molecular complexity index is 843. The van der Waals surface area contributed by atoms with Crippen molar-refractivity contribution in [3.8, 4) is 17.2 Å². The number of ether oxygens (including phenoxy) is 3. The number of carbonyl (C=O) groups excluding carboxylic acids is 1. The van der Waals surface area contributed by atoms with Gasteiger partial charge in [-0.2, -0.15) is 0 Å². The summed E-state index contributed by atoms with van der Waals surface area (Å²) >= 11 is 5.69. The maximum atomic E-state index is 13.1. The molecule has 27 heavy (non-hydrogen) atoms. The molecule has 0 radical (unpaired) electrons. The van der Waals surface area contributed by atoms with Crippen LogP contribution < -0.4 is 19.5 Å². The van der Waals surface area contributed by atoms with Crippen molar-refractivity contribution in [3.63, 3.8) is 0 Å². The van der Waals surface area contributed by atoms with Crippen LogP contribution in [0, 0.1) is 5.82 Å². The summed E-state index contributed by atoms with van der Waals surface area (Å²) in [6, 6.07) is 7.82. The maximum absolute atomic E-state index is 13.1. The Morgan fingerprint density at radius 2 is 2.15 bits per heavy atom. The van der Waals surface area contributed by atoms with E-state index in [1.54, 1.807) is 0 Å². The van der Waals surface area contributed by atoms with Crippen LogP contribution in [0.2, 0.25) is 5.02 Å². The van der Waals surface area contributed by atoms with Gasteiger partial charge in [-0.25, -0.2) is 4.39 Å². The molecule has 2 aromatic carbocycles. The Morgan fingerprint density at radius 3 is 2.89 bits per heavy atom. The molecule has 0 aliphatic carbocycles. The number of amides is 1. The molecule has 5 nitrogen and oxygen atoms in total. The Labute approximate surface area is 162 Å². The summed E-state index contributed by atoms with van der Waals surface area (Å²) in [7, 11) is 0. The number of hydrogen-bond donors (Lipinski definition) is 1. The molecule has 0 fully saturated rings. The minimum Gasteiger partial charge on any atom is -0.494 e. The van der Waals surface area contributed by atoms with Crippen LogP contribution in [0.3, 0.4) is 0 Å². The first-order valence-corrected chi connectivity index (χ1v) is 9.14. The normalized spacial score (nSPS) is 15.0. The molecular formula is C20H21ClFNO4. The van der Waals surface area contributed by atoms with Crippen molar-refractivity contribution in [3.05, 3.63) is 52.3 Å². The van der Waals surface area contributed by atoms with Gasteiger partial charge in [-0.05, 0) is 38.1 Å². The fourth-order valence-corrected chi connectivity index (χ4v) is 3.04. The van der Waals surface area contributed by atoms with E-state index in [-0.39, 0.29) is 30.2 Å². The van der Waals surface area contributed by atoms with Crippen LogP contribution in [-0.2, 0) is 17.8 Å². The number of fused-ring (bicyclic) bond motifs is 1. The van der Waals surface area contributed by atoms with E-state index < -0.39 is 5.82 Å². The van der Waals surface area contributed by atoms with E-state index in [1.807, 2.05) is 26.0 Å². The molecule has 1 heterocycles. The van der Waals surface area contributed by atoms with Gasteiger partial charge >= 0.3 is 0 Å². The smallest absolute Gasteiger partial charge is 0.258 e. The van der Waals surface area contributed by atoms with Crippen LogP contribution in [0.15, 0.2) is 30.3 Å². The lowest BCUT2D eigenvalue weighted by Crippen LogP contribution is -2.28. The monoisotopic (exact) mass is 393 g/mol. The largest absolute Gasteiger partial charge is 0.494 e. The van der Waals surface area contributed by atoms with Crippen molar-refractivity contribution in [2.24, 2.45) is 0 Å². The van der Waals surface area contributed by atoms with Gasteiger partial charge in [0.2, 0.25) is 0 Å². The number of rotatable bonds is 7. The minimum absolute atomic E-state index is 0.0540. The van der Waals surface area contributed by atoms with Crippen molar-refractivity contribution in [2.45, 2.75) is 32.9 Å². The molecule has 0 saturated carbocycles. The highest BCUT2D eigenvalue weighted by Crippen LogP contribution is 2.35. The third-order valence-corrected chi connectivity index (χ3v) is 4.41. The Hall–Kier alpha value is -2.47. The van der Waals surface area contributed by atoms with Crippen LogP contribution in [0.5, 0.6) is 17.2 Å². The highest BCUT2D eigenvalue weighted by molar-refractivity contribution is 6.30. The van der Waals surface area contributed by atoms with Crippen molar-refractivity contribution >= 4 is 17.5 Å². The molecular weight excluding hydrogens is 373 g/mol. The molecule has 144 valence electrons. The van der Waals surface area contributed by atoms with Crippen LogP contribution in [0.4, 0.5) is 4.39 Å². The number of carbonyl (C=O) groups is 1. The number of halogens is 2. The third-order valence-electron chi connectivity index (χ3n) is 4.12. The predicted molar refractivity (Wildman–Crippen MR) is 100 cm³/mol. The zero-order chi connectivity index (χ0) is 19.4. The highest BCUT2D eigenvalue weighted by Gasteiger charge is 2.22. The molecule has 0 unspecified atom stereocenters. The van der Waals surface area contributed by atoms with Gasteiger partial charge in [0, 0.05) is 30.2 Å². The van der Waals surface area contributed by atoms with Gasteiger partial charge in [-0.1, -0.05) is 11.6 Å². The van der Waals surface area contributed by atoms with Crippen LogP contribution in [0.1, 0.15) is 25.0 Å². The first-order chi connectivity index (χ1) is 13.0. The second kappa shape index (κ2) is 8.48. The van der Waals surface area contributed by atoms with E-state index in [9.17, 15) is 9.18 Å². The van der Waals surface area contributed by atoms with Crippen molar-refractivity contribution < 1.29 is 23.4 Å². The molecule has 2 aromatic rings. The number of hydrogen-bond acceptors (Lipinski definition) is 4. The first-order valence-electron chi connectivity index (χ1n) is 8.76. The number of nitrogens with one attached hydrogen (secondary N) is 1. The highest BCUT2D eigenvalue weighted by atomic mass is 35.5. The molecule has 7 heteroatoms. The summed E-state index contributed by atoms with van der Waals surface area (Å²) in [6.07, 6.45) is 0.978. The molecule has 0 spiro atoms. The lowest BCUT2D eigenvalue weighted by Gasteiger charge is -2.13. The summed E-state index contributed by atoms with van der Waals surface area (Å²) < 4.78 is 29.9. The summed E-state index contributed by atoms with van der Waals surface area (Å²) in [5.41, 5.74) is 1.94. The van der Waals surface area contributed by atoms with E-state index in [2.05, 4.69) is 5.32 Å². The van der Waals surface area contributed by atoms with Crippen molar-refractivity contribution in [2.75, 3.05) is 13.2 Å². The maximum Gasteiger partial charge on any atom is 0.258 e. The third kappa shape index (κ3) is 4.83. The van der Waals surface area contributed by atoms with Gasteiger partial charge in [0.15, 0.2) is 6.61 Å².